The van der Waals surface area contributed by atoms with Crippen LogP contribution in [0.15, 0.2) is 17.2 Å². The number of hydrogen-bond acceptors (Lipinski definition) is 3. The topological polar surface area (TPSA) is 50.7 Å². The summed E-state index contributed by atoms with van der Waals surface area (Å²) in [5.74, 6) is 0.777. The van der Waals surface area contributed by atoms with Gasteiger partial charge in [0.1, 0.15) is 5.75 Å². The number of benzene rings is 1. The van der Waals surface area contributed by atoms with Gasteiger partial charge in [0.2, 0.25) is 5.91 Å². The van der Waals surface area contributed by atoms with Crippen molar-refractivity contribution in [1.82, 2.24) is 5.43 Å². The molecule has 0 saturated heterocycles. The molecular formula is C13H16N2O2. The molecule has 1 amide bonds. The molecule has 0 aromatic heterocycles. The number of hydrazone groups is 1. The third-order valence-electron chi connectivity index (χ3n) is 3.03. The molecule has 0 atom stereocenters. The van der Waals surface area contributed by atoms with Gasteiger partial charge in [-0.3, -0.25) is 4.79 Å². The van der Waals surface area contributed by atoms with Crippen LogP contribution in [-0.2, 0) is 4.79 Å². The number of amides is 1. The Kier molecular flexibility index (Phi) is 3.13. The lowest BCUT2D eigenvalue weighted by atomic mass is 9.98. The number of nitrogens with one attached hydrogen (secondary N) is 1. The van der Waals surface area contributed by atoms with Crippen LogP contribution in [0.1, 0.15) is 29.5 Å². The minimum atomic E-state index is -0.0310. The van der Waals surface area contributed by atoms with Crippen LogP contribution >= 0.6 is 0 Å². The second-order valence-electron chi connectivity index (χ2n) is 4.23. The maximum absolute atomic E-state index is 11.1. The van der Waals surface area contributed by atoms with Crippen molar-refractivity contribution in [2.45, 2.75) is 26.7 Å². The summed E-state index contributed by atoms with van der Waals surface area (Å²) in [4.78, 5) is 11.1. The second-order valence-corrected chi connectivity index (χ2v) is 4.23. The lowest BCUT2D eigenvalue weighted by Gasteiger charge is -2.16. The fourth-order valence-electron chi connectivity index (χ4n) is 1.85. The molecule has 90 valence electrons. The summed E-state index contributed by atoms with van der Waals surface area (Å²) in [5, 5.41) is 4.10. The predicted molar refractivity (Wildman–Crippen MR) is 66.4 cm³/mol. The zero-order valence-corrected chi connectivity index (χ0v) is 10.3. The Hall–Kier alpha value is -1.84. The van der Waals surface area contributed by atoms with Crippen molar-refractivity contribution in [2.75, 3.05) is 7.11 Å². The number of nitrogens with zero attached hydrogens (tertiary/aromatic N) is 1. The van der Waals surface area contributed by atoms with E-state index in [0.29, 0.717) is 12.8 Å². The standard InChI is InChI=1S/C13H16N2O2/c1-8-6-10(12(17-3)7-9(8)2)11-4-5-13(16)15-14-11/h6-7H,4-5H2,1-3H3,(H,15,16). The quantitative estimate of drug-likeness (QED) is 0.847. The lowest BCUT2D eigenvalue weighted by molar-refractivity contribution is -0.121. The number of rotatable bonds is 2. The summed E-state index contributed by atoms with van der Waals surface area (Å²) < 4.78 is 5.37. The van der Waals surface area contributed by atoms with Crippen LogP contribution in [0.3, 0.4) is 0 Å². The van der Waals surface area contributed by atoms with E-state index in [1.807, 2.05) is 13.0 Å². The van der Waals surface area contributed by atoms with E-state index in [2.05, 4.69) is 23.5 Å². The van der Waals surface area contributed by atoms with E-state index in [1.54, 1.807) is 7.11 Å². The summed E-state index contributed by atoms with van der Waals surface area (Å²) in [6.07, 6.45) is 1.14. The summed E-state index contributed by atoms with van der Waals surface area (Å²) in [5.41, 5.74) is 6.74. The number of ether oxygens (including phenoxy) is 1. The molecule has 0 saturated carbocycles. The molecule has 0 unspecified atom stereocenters. The Bertz CT molecular complexity index is 492. The van der Waals surface area contributed by atoms with Crippen molar-refractivity contribution in [3.63, 3.8) is 0 Å². The van der Waals surface area contributed by atoms with E-state index in [1.165, 1.54) is 11.1 Å². The van der Waals surface area contributed by atoms with Crippen molar-refractivity contribution >= 4 is 11.6 Å². The van der Waals surface area contributed by atoms with Crippen LogP contribution in [0.5, 0.6) is 5.75 Å². The zero-order chi connectivity index (χ0) is 12.4. The zero-order valence-electron chi connectivity index (χ0n) is 10.3. The number of carbonyl (C=O) groups excluding carboxylic acids is 1. The number of aryl methyl sites for hydroxylation is 2. The van der Waals surface area contributed by atoms with Gasteiger partial charge in [0, 0.05) is 18.4 Å². The molecule has 1 N–H and O–H groups in total. The van der Waals surface area contributed by atoms with Crippen LogP contribution in [0.4, 0.5) is 0 Å². The largest absolute Gasteiger partial charge is 0.496 e. The van der Waals surface area contributed by atoms with Crippen LogP contribution in [-0.4, -0.2) is 18.7 Å². The third-order valence-corrected chi connectivity index (χ3v) is 3.03. The molecule has 17 heavy (non-hydrogen) atoms. The molecule has 4 nitrogen and oxygen atoms in total. The Morgan fingerprint density at radius 2 is 1.94 bits per heavy atom. The predicted octanol–water partition coefficient (Wildman–Crippen LogP) is 1.93. The fraction of sp³-hybridized carbons (Fsp3) is 0.385. The summed E-state index contributed by atoms with van der Waals surface area (Å²) >= 11 is 0. The van der Waals surface area contributed by atoms with Crippen molar-refractivity contribution in [3.8, 4) is 5.75 Å². The Labute approximate surface area is 101 Å². The molecule has 2 rings (SSSR count). The van der Waals surface area contributed by atoms with Gasteiger partial charge in [-0.1, -0.05) is 0 Å². The second kappa shape index (κ2) is 4.57. The van der Waals surface area contributed by atoms with E-state index >= 15 is 0 Å². The lowest BCUT2D eigenvalue weighted by Crippen LogP contribution is -2.26. The van der Waals surface area contributed by atoms with Gasteiger partial charge < -0.3 is 4.74 Å². The van der Waals surface area contributed by atoms with Crippen LogP contribution in [0.2, 0.25) is 0 Å². The molecule has 1 heterocycles. The van der Waals surface area contributed by atoms with E-state index in [0.717, 1.165) is 17.0 Å². The molecule has 0 spiro atoms. The van der Waals surface area contributed by atoms with Crippen molar-refractivity contribution in [3.05, 3.63) is 28.8 Å². The Balaban J connectivity index is 2.44. The minimum absolute atomic E-state index is 0.0310. The van der Waals surface area contributed by atoms with Crippen LogP contribution in [0.25, 0.3) is 0 Å². The highest BCUT2D eigenvalue weighted by Gasteiger charge is 2.17. The fourth-order valence-corrected chi connectivity index (χ4v) is 1.85. The summed E-state index contributed by atoms with van der Waals surface area (Å²) in [7, 11) is 1.65. The van der Waals surface area contributed by atoms with Crippen LogP contribution in [0, 0.1) is 13.8 Å². The van der Waals surface area contributed by atoms with E-state index in [9.17, 15) is 4.79 Å². The number of hydrogen-bond donors (Lipinski definition) is 1. The molecule has 1 aromatic carbocycles. The molecule has 1 aliphatic rings. The van der Waals surface area contributed by atoms with Gasteiger partial charge in [0.15, 0.2) is 0 Å². The highest BCUT2D eigenvalue weighted by atomic mass is 16.5. The van der Waals surface area contributed by atoms with Gasteiger partial charge in [0.05, 0.1) is 12.8 Å². The first kappa shape index (κ1) is 11.6. The Morgan fingerprint density at radius 1 is 1.24 bits per heavy atom. The highest BCUT2D eigenvalue weighted by molar-refractivity contribution is 6.06. The minimum Gasteiger partial charge on any atom is -0.496 e. The van der Waals surface area contributed by atoms with E-state index < -0.39 is 0 Å². The molecule has 1 aromatic rings. The molecular weight excluding hydrogens is 216 g/mol. The molecule has 0 fully saturated rings. The van der Waals surface area contributed by atoms with Gasteiger partial charge in [-0.05, 0) is 37.1 Å². The maximum Gasteiger partial charge on any atom is 0.240 e. The first-order valence-electron chi connectivity index (χ1n) is 5.63. The number of carbonyl (C=O) groups is 1. The van der Waals surface area contributed by atoms with Crippen molar-refractivity contribution in [2.24, 2.45) is 5.10 Å². The van der Waals surface area contributed by atoms with Crippen LogP contribution < -0.4 is 10.2 Å². The van der Waals surface area contributed by atoms with Crippen molar-refractivity contribution < 1.29 is 9.53 Å². The number of methoxy groups -OCH3 is 1. The third kappa shape index (κ3) is 2.30. The normalized spacial score (nSPS) is 15.2. The van der Waals surface area contributed by atoms with Gasteiger partial charge in [-0.2, -0.15) is 5.10 Å². The first-order valence-corrected chi connectivity index (χ1v) is 5.63. The first-order chi connectivity index (χ1) is 8.11. The molecule has 0 bridgehead atoms. The van der Waals surface area contributed by atoms with E-state index in [4.69, 9.17) is 4.74 Å². The van der Waals surface area contributed by atoms with Crippen molar-refractivity contribution in [1.29, 1.82) is 0 Å². The molecule has 0 radical (unpaired) electrons. The van der Waals surface area contributed by atoms with Gasteiger partial charge in [-0.15, -0.1) is 0 Å². The smallest absolute Gasteiger partial charge is 0.240 e. The van der Waals surface area contributed by atoms with E-state index in [-0.39, 0.29) is 5.91 Å². The summed E-state index contributed by atoms with van der Waals surface area (Å²) in [6.45, 7) is 4.10. The Morgan fingerprint density at radius 3 is 2.53 bits per heavy atom. The average molecular weight is 232 g/mol. The van der Waals surface area contributed by atoms with Gasteiger partial charge in [-0.25, -0.2) is 5.43 Å². The van der Waals surface area contributed by atoms with Gasteiger partial charge >= 0.3 is 0 Å². The maximum atomic E-state index is 11.1. The highest BCUT2D eigenvalue weighted by Crippen LogP contribution is 2.25. The summed E-state index contributed by atoms with van der Waals surface area (Å²) in [6, 6.07) is 4.06. The SMILES string of the molecule is COc1cc(C)c(C)cc1C1=NNC(=O)CC1. The molecule has 0 aliphatic carbocycles. The van der Waals surface area contributed by atoms with Gasteiger partial charge in [0.25, 0.3) is 0 Å². The molecule has 1 aliphatic heterocycles. The average Bonchev–Trinajstić information content (AvgIpc) is 2.33. The monoisotopic (exact) mass is 232 g/mol. The molecule has 4 heteroatoms.